The highest BCUT2D eigenvalue weighted by Crippen LogP contribution is 2.25. The molecule has 5 aliphatic heterocycles. The second-order valence-corrected chi connectivity index (χ2v) is 6.43. The Morgan fingerprint density at radius 2 is 1.15 bits per heavy atom. The van der Waals surface area contributed by atoms with E-state index in [9.17, 15) is 4.79 Å². The van der Waals surface area contributed by atoms with Crippen molar-refractivity contribution in [2.75, 3.05) is 6.61 Å². The van der Waals surface area contributed by atoms with E-state index in [0.717, 1.165) is 30.8 Å². The molecule has 0 unspecified atom stereocenters. The lowest BCUT2D eigenvalue weighted by Gasteiger charge is -2.09. The Kier molecular flexibility index (Phi) is 4.69. The Morgan fingerprint density at radius 3 is 1.81 bits per heavy atom. The summed E-state index contributed by atoms with van der Waals surface area (Å²) >= 11 is 0. The van der Waals surface area contributed by atoms with Gasteiger partial charge in [-0.3, -0.25) is 4.79 Å². The lowest BCUT2D eigenvalue weighted by Crippen LogP contribution is -2.01. The van der Waals surface area contributed by atoms with E-state index in [1.807, 2.05) is 60.7 Å². The zero-order valence-corrected chi connectivity index (χ0v) is 14.5. The first-order valence-corrected chi connectivity index (χ1v) is 8.92. The molecule has 0 saturated heterocycles. The van der Waals surface area contributed by atoms with Crippen molar-refractivity contribution in [3.63, 3.8) is 0 Å². The quantitative estimate of drug-likeness (QED) is 0.546. The van der Waals surface area contributed by atoms with Crippen molar-refractivity contribution in [2.45, 2.75) is 19.3 Å². The van der Waals surface area contributed by atoms with Gasteiger partial charge in [0.2, 0.25) is 0 Å². The van der Waals surface area contributed by atoms with Gasteiger partial charge in [0, 0.05) is 11.1 Å². The standard InChI is InChI=1S/C23H20O3/c24-23-18-6-4-17(5-7-18)3-1-2-16-25-20-12-14-22(15-13-20)26-21-10-8-19(23)9-11-21/h4-15H,1-3,16H2. The van der Waals surface area contributed by atoms with Gasteiger partial charge < -0.3 is 9.47 Å². The molecule has 0 atom stereocenters. The molecule has 8 rings (SSSR count). The SMILES string of the molecule is O=C1c2ccc(cc2)CCCCOc2ccc(cc2)Oc2ccc1cc2. The summed E-state index contributed by atoms with van der Waals surface area (Å²) in [6.07, 6.45) is 3.03. The normalized spacial score (nSPS) is 14.2. The summed E-state index contributed by atoms with van der Waals surface area (Å²) in [5.41, 5.74) is 2.61. The fourth-order valence-corrected chi connectivity index (χ4v) is 3.03. The molecular weight excluding hydrogens is 324 g/mol. The highest BCUT2D eigenvalue weighted by atomic mass is 16.5. The number of fused-ring (bicyclic) bond motifs is 1. The summed E-state index contributed by atoms with van der Waals surface area (Å²) in [6, 6.07) is 22.8. The molecule has 0 radical (unpaired) electrons. The molecule has 0 fully saturated rings. The second kappa shape index (κ2) is 7.44. The van der Waals surface area contributed by atoms with E-state index in [0.29, 0.717) is 23.5 Å². The van der Waals surface area contributed by atoms with Gasteiger partial charge in [0.05, 0.1) is 6.61 Å². The Hall–Kier alpha value is -3.07. The van der Waals surface area contributed by atoms with Crippen LogP contribution in [0.2, 0.25) is 0 Å². The number of benzene rings is 3. The first kappa shape index (κ1) is 16.4. The van der Waals surface area contributed by atoms with Crippen molar-refractivity contribution in [1.29, 1.82) is 0 Å². The van der Waals surface area contributed by atoms with Crippen LogP contribution in [0, 0.1) is 0 Å². The lowest BCUT2D eigenvalue weighted by atomic mass is 10.0. The van der Waals surface area contributed by atoms with Crippen LogP contribution in [0.3, 0.4) is 0 Å². The van der Waals surface area contributed by atoms with E-state index in [1.54, 1.807) is 12.1 Å². The average molecular weight is 344 g/mol. The molecule has 0 amide bonds. The minimum Gasteiger partial charge on any atom is -0.494 e. The smallest absolute Gasteiger partial charge is 0.193 e. The molecule has 6 bridgehead atoms. The van der Waals surface area contributed by atoms with Crippen LogP contribution in [0.5, 0.6) is 17.2 Å². The fraction of sp³-hybridized carbons (Fsp3) is 0.174. The van der Waals surface area contributed by atoms with Crippen molar-refractivity contribution in [3.05, 3.63) is 89.5 Å². The largest absolute Gasteiger partial charge is 0.494 e. The zero-order chi connectivity index (χ0) is 17.8. The summed E-state index contributed by atoms with van der Waals surface area (Å²) in [4.78, 5) is 12.6. The van der Waals surface area contributed by atoms with Crippen molar-refractivity contribution in [3.8, 4) is 17.2 Å². The number of carbonyl (C=O) groups excluding carboxylic acids is 1. The number of ketones is 1. The Bertz CT molecular complexity index is 878. The topological polar surface area (TPSA) is 35.5 Å². The van der Waals surface area contributed by atoms with Crippen molar-refractivity contribution in [2.24, 2.45) is 0 Å². The number of hydrogen-bond donors (Lipinski definition) is 0. The maximum atomic E-state index is 12.6. The number of ether oxygens (including phenoxy) is 2. The fourth-order valence-electron chi connectivity index (χ4n) is 3.03. The van der Waals surface area contributed by atoms with Crippen LogP contribution < -0.4 is 9.47 Å². The van der Waals surface area contributed by atoms with E-state index < -0.39 is 0 Å². The molecule has 5 aliphatic rings. The van der Waals surface area contributed by atoms with E-state index in [-0.39, 0.29) is 5.78 Å². The molecule has 0 saturated carbocycles. The van der Waals surface area contributed by atoms with Crippen molar-refractivity contribution < 1.29 is 14.3 Å². The summed E-state index contributed by atoms with van der Waals surface area (Å²) in [5, 5.41) is 0. The number of hydrogen-bond acceptors (Lipinski definition) is 3. The second-order valence-electron chi connectivity index (χ2n) is 6.43. The van der Waals surface area contributed by atoms with Gasteiger partial charge in [0.15, 0.2) is 5.78 Å². The molecule has 3 aromatic carbocycles. The molecule has 26 heavy (non-hydrogen) atoms. The molecule has 0 N–H and O–H groups in total. The van der Waals surface area contributed by atoms with Gasteiger partial charge in [0.25, 0.3) is 0 Å². The monoisotopic (exact) mass is 344 g/mol. The van der Waals surface area contributed by atoms with Crippen LogP contribution in [0.1, 0.15) is 34.3 Å². The van der Waals surface area contributed by atoms with E-state index in [2.05, 4.69) is 0 Å². The van der Waals surface area contributed by atoms with Gasteiger partial charge in [-0.15, -0.1) is 0 Å². The van der Waals surface area contributed by atoms with Crippen LogP contribution in [-0.4, -0.2) is 12.4 Å². The molecule has 3 aromatic rings. The molecular formula is C23H20O3. The number of carbonyl (C=O) groups is 1. The van der Waals surface area contributed by atoms with Crippen LogP contribution >= 0.6 is 0 Å². The molecule has 5 heterocycles. The molecule has 0 aliphatic carbocycles. The summed E-state index contributed by atoms with van der Waals surface area (Å²) in [5.74, 6) is 2.31. The minimum absolute atomic E-state index is 0.0266. The highest BCUT2D eigenvalue weighted by molar-refractivity contribution is 6.09. The maximum absolute atomic E-state index is 12.6. The van der Waals surface area contributed by atoms with E-state index >= 15 is 0 Å². The van der Waals surface area contributed by atoms with Crippen LogP contribution in [-0.2, 0) is 6.42 Å². The third-order valence-electron chi connectivity index (χ3n) is 4.52. The van der Waals surface area contributed by atoms with Crippen molar-refractivity contribution in [1.82, 2.24) is 0 Å². The third-order valence-corrected chi connectivity index (χ3v) is 4.52. The molecule has 3 heteroatoms. The predicted molar refractivity (Wildman–Crippen MR) is 101 cm³/mol. The van der Waals surface area contributed by atoms with Crippen LogP contribution in [0.15, 0.2) is 72.8 Å². The van der Waals surface area contributed by atoms with Gasteiger partial charge in [0.1, 0.15) is 17.2 Å². The summed E-state index contributed by atoms with van der Waals surface area (Å²) < 4.78 is 11.6. The van der Waals surface area contributed by atoms with Gasteiger partial charge in [-0.2, -0.15) is 0 Å². The zero-order valence-electron chi connectivity index (χ0n) is 14.5. The Morgan fingerprint density at radius 1 is 0.615 bits per heavy atom. The van der Waals surface area contributed by atoms with E-state index in [1.165, 1.54) is 5.56 Å². The van der Waals surface area contributed by atoms with Crippen LogP contribution in [0.4, 0.5) is 0 Å². The van der Waals surface area contributed by atoms with Gasteiger partial charge >= 0.3 is 0 Å². The summed E-state index contributed by atoms with van der Waals surface area (Å²) in [6.45, 7) is 0.692. The molecule has 3 nitrogen and oxygen atoms in total. The van der Waals surface area contributed by atoms with Gasteiger partial charge in [-0.1, -0.05) is 24.3 Å². The minimum atomic E-state index is 0.0266. The predicted octanol–water partition coefficient (Wildman–Crippen LogP) is 5.43. The third kappa shape index (κ3) is 3.77. The van der Waals surface area contributed by atoms with Gasteiger partial charge in [-0.05, 0) is 73.4 Å². The Balaban J connectivity index is 1.63. The van der Waals surface area contributed by atoms with Crippen molar-refractivity contribution >= 4 is 5.78 Å². The van der Waals surface area contributed by atoms with Crippen LogP contribution in [0.25, 0.3) is 0 Å². The first-order valence-electron chi connectivity index (χ1n) is 8.92. The highest BCUT2D eigenvalue weighted by Gasteiger charge is 2.10. The Labute approximate surface area is 153 Å². The first-order chi connectivity index (χ1) is 12.8. The maximum Gasteiger partial charge on any atom is 0.193 e. The number of aryl methyl sites for hydroxylation is 1. The molecule has 130 valence electrons. The average Bonchev–Trinajstić information content (AvgIpc) is 2.69. The summed E-state index contributed by atoms with van der Waals surface area (Å²) in [7, 11) is 0. The molecule has 0 aromatic heterocycles. The lowest BCUT2D eigenvalue weighted by molar-refractivity contribution is 0.103. The number of rotatable bonds is 0. The van der Waals surface area contributed by atoms with E-state index in [4.69, 9.17) is 9.47 Å². The molecule has 0 spiro atoms. The van der Waals surface area contributed by atoms with Gasteiger partial charge in [-0.25, -0.2) is 0 Å².